The molecule has 2 aromatic rings. The Morgan fingerprint density at radius 2 is 2.33 bits per heavy atom. The molecule has 1 aliphatic rings. The van der Waals surface area contributed by atoms with Crippen molar-refractivity contribution in [1.82, 2.24) is 15.2 Å². The predicted molar refractivity (Wildman–Crippen MR) is 83.2 cm³/mol. The number of anilines is 1. The Hall–Kier alpha value is -1.67. The van der Waals surface area contributed by atoms with E-state index in [1.807, 2.05) is 18.7 Å². The quantitative estimate of drug-likeness (QED) is 0.931. The van der Waals surface area contributed by atoms with E-state index in [2.05, 4.69) is 20.5 Å². The Kier molecular flexibility index (Phi) is 4.35. The Bertz CT molecular complexity index is 623. The van der Waals surface area contributed by atoms with Crippen LogP contribution in [-0.4, -0.2) is 38.7 Å². The van der Waals surface area contributed by atoms with Crippen molar-refractivity contribution in [2.45, 2.75) is 19.4 Å². The number of amides is 1. The number of hydrogen-bond acceptors (Lipinski definition) is 7. The van der Waals surface area contributed by atoms with Crippen molar-refractivity contribution in [1.29, 1.82) is 0 Å². The zero-order valence-electron chi connectivity index (χ0n) is 11.4. The molecule has 0 radical (unpaired) electrons. The van der Waals surface area contributed by atoms with Crippen molar-refractivity contribution in [3.8, 4) is 5.88 Å². The lowest BCUT2D eigenvalue weighted by Gasteiger charge is -2.11. The highest BCUT2D eigenvalue weighted by Crippen LogP contribution is 2.22. The molecule has 1 amide bonds. The van der Waals surface area contributed by atoms with E-state index in [1.54, 1.807) is 12.1 Å². The molecular weight excluding hydrogens is 308 g/mol. The molecule has 1 N–H and O–H groups in total. The van der Waals surface area contributed by atoms with Gasteiger partial charge in [0, 0.05) is 18.0 Å². The van der Waals surface area contributed by atoms with E-state index < -0.39 is 0 Å². The van der Waals surface area contributed by atoms with Crippen LogP contribution in [0.5, 0.6) is 5.88 Å². The summed E-state index contributed by atoms with van der Waals surface area (Å²) in [5, 5.41) is 11.7. The summed E-state index contributed by atoms with van der Waals surface area (Å²) in [6, 6.07) is 3.43. The average molecular weight is 322 g/mol. The van der Waals surface area contributed by atoms with Gasteiger partial charge in [0.1, 0.15) is 11.1 Å². The van der Waals surface area contributed by atoms with Gasteiger partial charge in [-0.15, -0.1) is 10.2 Å². The summed E-state index contributed by atoms with van der Waals surface area (Å²) >= 11 is 3.22. The van der Waals surface area contributed by atoms with Crippen molar-refractivity contribution in [2.75, 3.05) is 16.8 Å². The molecule has 21 heavy (non-hydrogen) atoms. The van der Waals surface area contributed by atoms with Crippen LogP contribution >= 0.6 is 23.1 Å². The van der Waals surface area contributed by atoms with Crippen LogP contribution in [0.3, 0.4) is 0 Å². The second-order valence-corrected chi connectivity index (χ2v) is 6.90. The second-order valence-electron chi connectivity index (χ2n) is 4.57. The van der Waals surface area contributed by atoms with E-state index in [9.17, 15) is 4.79 Å². The fourth-order valence-electron chi connectivity index (χ4n) is 1.88. The van der Waals surface area contributed by atoms with Gasteiger partial charge in [0.15, 0.2) is 0 Å². The largest absolute Gasteiger partial charge is 0.473 e. The minimum atomic E-state index is -0.248. The third kappa shape index (κ3) is 3.70. The van der Waals surface area contributed by atoms with Crippen molar-refractivity contribution >= 4 is 34.1 Å². The molecule has 6 nitrogen and oxygen atoms in total. The Labute approximate surface area is 130 Å². The standard InChI is InChI=1S/C13H14N4O2S2/c1-8-16-17-13(21-8)15-12(18)9-2-3-11(14-6-9)19-10-4-5-20-7-10/h2-3,6,10H,4-5,7H2,1H3,(H,15,17,18). The maximum atomic E-state index is 12.0. The van der Waals surface area contributed by atoms with Gasteiger partial charge in [0.25, 0.3) is 5.91 Å². The Morgan fingerprint density at radius 3 is 2.95 bits per heavy atom. The van der Waals surface area contributed by atoms with Crippen LogP contribution in [0, 0.1) is 6.92 Å². The molecule has 3 rings (SSSR count). The Morgan fingerprint density at radius 1 is 1.43 bits per heavy atom. The number of ether oxygens (including phenoxy) is 1. The smallest absolute Gasteiger partial charge is 0.259 e. The first kappa shape index (κ1) is 14.3. The van der Waals surface area contributed by atoms with Crippen LogP contribution < -0.4 is 10.1 Å². The summed E-state index contributed by atoms with van der Waals surface area (Å²) in [5.41, 5.74) is 0.469. The van der Waals surface area contributed by atoms with Crippen molar-refractivity contribution in [2.24, 2.45) is 0 Å². The molecule has 0 aromatic carbocycles. The van der Waals surface area contributed by atoms with E-state index in [0.29, 0.717) is 16.6 Å². The van der Waals surface area contributed by atoms with Gasteiger partial charge in [-0.05, 0) is 25.2 Å². The van der Waals surface area contributed by atoms with E-state index in [4.69, 9.17) is 4.74 Å². The fraction of sp³-hybridized carbons (Fsp3) is 0.385. The molecular formula is C13H14N4O2S2. The zero-order chi connectivity index (χ0) is 14.7. The highest BCUT2D eigenvalue weighted by Gasteiger charge is 2.17. The van der Waals surface area contributed by atoms with Crippen LogP contribution in [0.25, 0.3) is 0 Å². The second kappa shape index (κ2) is 6.40. The van der Waals surface area contributed by atoms with Gasteiger partial charge in [-0.2, -0.15) is 11.8 Å². The molecule has 0 bridgehead atoms. The number of pyridine rings is 1. The molecule has 2 aromatic heterocycles. The number of nitrogens with zero attached hydrogens (tertiary/aromatic N) is 3. The molecule has 1 unspecified atom stereocenters. The first-order valence-electron chi connectivity index (χ1n) is 6.52. The number of nitrogens with one attached hydrogen (secondary N) is 1. The number of hydrogen-bond donors (Lipinski definition) is 1. The van der Waals surface area contributed by atoms with Gasteiger partial charge in [-0.3, -0.25) is 10.1 Å². The normalized spacial score (nSPS) is 17.7. The monoisotopic (exact) mass is 322 g/mol. The number of carbonyl (C=O) groups is 1. The number of thioether (sulfide) groups is 1. The highest BCUT2D eigenvalue weighted by atomic mass is 32.2. The number of carbonyl (C=O) groups excluding carboxylic acids is 1. The maximum absolute atomic E-state index is 12.0. The van der Waals surface area contributed by atoms with E-state index in [0.717, 1.165) is 22.9 Å². The molecule has 8 heteroatoms. The number of rotatable bonds is 4. The van der Waals surface area contributed by atoms with Crippen molar-refractivity contribution in [3.63, 3.8) is 0 Å². The molecule has 0 aliphatic carbocycles. The van der Waals surface area contributed by atoms with Crippen molar-refractivity contribution < 1.29 is 9.53 Å². The van der Waals surface area contributed by atoms with Crippen LogP contribution in [0.1, 0.15) is 21.8 Å². The molecule has 110 valence electrons. The van der Waals surface area contributed by atoms with Gasteiger partial charge < -0.3 is 4.74 Å². The SMILES string of the molecule is Cc1nnc(NC(=O)c2ccc(OC3CCSC3)nc2)s1. The summed E-state index contributed by atoms with van der Waals surface area (Å²) in [6.07, 6.45) is 2.79. The lowest BCUT2D eigenvalue weighted by molar-refractivity contribution is 0.102. The molecule has 0 spiro atoms. The third-order valence-corrected chi connectivity index (χ3v) is 4.81. The van der Waals surface area contributed by atoms with Gasteiger partial charge in [-0.1, -0.05) is 11.3 Å². The molecule has 1 saturated heterocycles. The molecule has 1 atom stereocenters. The summed E-state index contributed by atoms with van der Waals surface area (Å²) in [5.74, 6) is 2.44. The maximum Gasteiger partial charge on any atom is 0.259 e. The topological polar surface area (TPSA) is 77.0 Å². The molecule has 1 fully saturated rings. The van der Waals surface area contributed by atoms with Crippen LogP contribution in [0.4, 0.5) is 5.13 Å². The van der Waals surface area contributed by atoms with Gasteiger partial charge >= 0.3 is 0 Å². The lowest BCUT2D eigenvalue weighted by Crippen LogP contribution is -2.16. The summed E-state index contributed by atoms with van der Waals surface area (Å²) in [4.78, 5) is 16.2. The summed E-state index contributed by atoms with van der Waals surface area (Å²) in [7, 11) is 0. The van der Waals surface area contributed by atoms with Gasteiger partial charge in [0.2, 0.25) is 11.0 Å². The lowest BCUT2D eigenvalue weighted by atomic mass is 10.2. The zero-order valence-corrected chi connectivity index (χ0v) is 13.0. The summed E-state index contributed by atoms with van der Waals surface area (Å²) in [6.45, 7) is 1.84. The van der Waals surface area contributed by atoms with Crippen molar-refractivity contribution in [3.05, 3.63) is 28.9 Å². The molecule has 0 saturated carbocycles. The van der Waals surface area contributed by atoms with Crippen LogP contribution in [0.15, 0.2) is 18.3 Å². The Balaban J connectivity index is 1.61. The highest BCUT2D eigenvalue weighted by molar-refractivity contribution is 7.99. The first-order valence-corrected chi connectivity index (χ1v) is 8.50. The minimum absolute atomic E-state index is 0.228. The van der Waals surface area contributed by atoms with Crippen LogP contribution in [-0.2, 0) is 0 Å². The summed E-state index contributed by atoms with van der Waals surface area (Å²) < 4.78 is 5.75. The average Bonchev–Trinajstić information content (AvgIpc) is 3.12. The molecule has 3 heterocycles. The molecule has 1 aliphatic heterocycles. The first-order chi connectivity index (χ1) is 10.2. The fourth-order valence-corrected chi connectivity index (χ4v) is 3.56. The van der Waals surface area contributed by atoms with E-state index in [1.165, 1.54) is 17.5 Å². The van der Waals surface area contributed by atoms with Crippen LogP contribution in [0.2, 0.25) is 0 Å². The number of aryl methyl sites for hydroxylation is 1. The predicted octanol–water partition coefficient (Wildman–Crippen LogP) is 2.38. The third-order valence-electron chi connectivity index (χ3n) is 2.92. The van der Waals surface area contributed by atoms with Gasteiger partial charge in [-0.25, -0.2) is 4.98 Å². The van der Waals surface area contributed by atoms with Gasteiger partial charge in [0.05, 0.1) is 5.56 Å². The minimum Gasteiger partial charge on any atom is -0.473 e. The number of aromatic nitrogens is 3. The van der Waals surface area contributed by atoms with E-state index in [-0.39, 0.29) is 12.0 Å². The van der Waals surface area contributed by atoms with E-state index >= 15 is 0 Å².